The van der Waals surface area contributed by atoms with Crippen LogP contribution in [0.4, 0.5) is 0 Å². The zero-order chi connectivity index (χ0) is 15.2. The maximum absolute atomic E-state index is 9.11. The second kappa shape index (κ2) is 7.14. The van der Waals surface area contributed by atoms with E-state index in [0.29, 0.717) is 5.84 Å². The molecule has 0 aromatic carbocycles. The van der Waals surface area contributed by atoms with Gasteiger partial charge in [-0.05, 0) is 25.0 Å². The lowest BCUT2D eigenvalue weighted by Gasteiger charge is -2.10. The largest absolute Gasteiger partial charge is 0.394 e. The van der Waals surface area contributed by atoms with E-state index in [1.807, 2.05) is 26.2 Å². The van der Waals surface area contributed by atoms with Gasteiger partial charge >= 0.3 is 0 Å². The van der Waals surface area contributed by atoms with Gasteiger partial charge in [-0.2, -0.15) is 0 Å². The van der Waals surface area contributed by atoms with E-state index < -0.39 is 0 Å². The minimum atomic E-state index is -0.0803. The number of aliphatic imine (C=N–C) groups is 2. The Morgan fingerprint density at radius 2 is 2.33 bits per heavy atom. The third-order valence-corrected chi connectivity index (χ3v) is 3.21. The predicted molar refractivity (Wildman–Crippen MR) is 82.2 cm³/mol. The van der Waals surface area contributed by atoms with E-state index in [2.05, 4.69) is 15.0 Å². The van der Waals surface area contributed by atoms with Crippen LogP contribution in [0.2, 0.25) is 0 Å². The number of aliphatic hydroxyl groups is 1. The first-order valence-corrected chi connectivity index (χ1v) is 6.87. The fourth-order valence-corrected chi connectivity index (χ4v) is 2.20. The summed E-state index contributed by atoms with van der Waals surface area (Å²) in [5.41, 5.74) is 1.68. The zero-order valence-corrected chi connectivity index (χ0v) is 12.3. The van der Waals surface area contributed by atoms with Gasteiger partial charge in [0.2, 0.25) is 0 Å². The highest BCUT2D eigenvalue weighted by atomic mass is 16.5. The van der Waals surface area contributed by atoms with Gasteiger partial charge in [-0.25, -0.2) is 9.98 Å². The molecule has 1 aromatic rings. The highest BCUT2D eigenvalue weighted by Crippen LogP contribution is 2.31. The number of aromatic amines is 1. The third-order valence-electron chi connectivity index (χ3n) is 3.21. The van der Waals surface area contributed by atoms with Crippen LogP contribution in [-0.4, -0.2) is 60.3 Å². The van der Waals surface area contributed by atoms with Gasteiger partial charge in [-0.15, -0.1) is 0 Å². The SMILES string of the molecule is CN(C)C=NC(=NC=N)c1ccc(C2CC[C@@H](CO)O2)[nH]1. The minimum Gasteiger partial charge on any atom is -0.394 e. The highest BCUT2D eigenvalue weighted by Gasteiger charge is 2.27. The second-order valence-corrected chi connectivity index (χ2v) is 5.12. The molecule has 1 saturated heterocycles. The monoisotopic (exact) mass is 291 g/mol. The van der Waals surface area contributed by atoms with Crippen molar-refractivity contribution < 1.29 is 9.84 Å². The normalized spacial score (nSPS) is 22.9. The first-order chi connectivity index (χ1) is 10.1. The highest BCUT2D eigenvalue weighted by molar-refractivity contribution is 6.04. The first kappa shape index (κ1) is 15.4. The molecule has 3 N–H and O–H groups in total. The fourth-order valence-electron chi connectivity index (χ4n) is 2.20. The van der Waals surface area contributed by atoms with Gasteiger partial charge in [0, 0.05) is 19.8 Å². The molecule has 1 unspecified atom stereocenters. The Kier molecular flexibility index (Phi) is 5.24. The van der Waals surface area contributed by atoms with E-state index in [1.54, 1.807) is 11.2 Å². The number of hydrogen-bond acceptors (Lipinski definition) is 3. The molecule has 7 heteroatoms. The summed E-state index contributed by atoms with van der Waals surface area (Å²) in [4.78, 5) is 13.2. The van der Waals surface area contributed by atoms with Crippen molar-refractivity contribution in [2.24, 2.45) is 9.98 Å². The second-order valence-electron chi connectivity index (χ2n) is 5.12. The molecule has 1 aliphatic heterocycles. The number of hydrogen-bond donors (Lipinski definition) is 3. The number of nitrogens with one attached hydrogen (secondary N) is 2. The summed E-state index contributed by atoms with van der Waals surface area (Å²) >= 11 is 0. The smallest absolute Gasteiger partial charge is 0.178 e. The summed E-state index contributed by atoms with van der Waals surface area (Å²) in [6.45, 7) is 0.0533. The van der Waals surface area contributed by atoms with Gasteiger partial charge < -0.3 is 19.7 Å². The average Bonchev–Trinajstić information content (AvgIpc) is 3.11. The van der Waals surface area contributed by atoms with Gasteiger partial charge in [0.1, 0.15) is 6.34 Å². The molecule has 2 atom stereocenters. The van der Waals surface area contributed by atoms with Crippen molar-refractivity contribution >= 4 is 18.5 Å². The Labute approximate surface area is 123 Å². The minimum absolute atomic E-state index is 0.0324. The van der Waals surface area contributed by atoms with Gasteiger partial charge in [0.05, 0.1) is 30.8 Å². The Morgan fingerprint density at radius 3 is 2.95 bits per heavy atom. The maximum Gasteiger partial charge on any atom is 0.178 e. The number of nitrogens with zero attached hydrogens (tertiary/aromatic N) is 3. The lowest BCUT2D eigenvalue weighted by molar-refractivity contribution is 0.00943. The summed E-state index contributed by atoms with van der Waals surface area (Å²) < 4.78 is 5.74. The number of amidine groups is 1. The summed E-state index contributed by atoms with van der Waals surface area (Å²) in [5.74, 6) is 0.446. The molecule has 0 spiro atoms. The van der Waals surface area contributed by atoms with E-state index in [-0.39, 0.29) is 18.8 Å². The van der Waals surface area contributed by atoms with E-state index in [9.17, 15) is 0 Å². The molecular weight excluding hydrogens is 270 g/mol. The lowest BCUT2D eigenvalue weighted by atomic mass is 10.1. The van der Waals surface area contributed by atoms with Crippen molar-refractivity contribution in [2.75, 3.05) is 20.7 Å². The standard InChI is InChI=1S/C14H21N5O2/c1-19(2)9-17-14(16-8-15)12-5-4-11(18-12)13-6-3-10(7-20)21-13/h4-5,8-10,13,15,18,20H,3,6-7H2,1-2H3/t10-,13?/m0/s1. The molecule has 0 saturated carbocycles. The van der Waals surface area contributed by atoms with Crippen LogP contribution in [0, 0.1) is 5.41 Å². The number of aromatic nitrogens is 1. The molecule has 0 aliphatic carbocycles. The molecule has 1 aliphatic rings. The topological polar surface area (TPSA) is 97.1 Å². The zero-order valence-electron chi connectivity index (χ0n) is 12.3. The Bertz CT molecular complexity index is 535. The first-order valence-electron chi connectivity index (χ1n) is 6.87. The van der Waals surface area contributed by atoms with Crippen LogP contribution in [0.3, 0.4) is 0 Å². The maximum atomic E-state index is 9.11. The van der Waals surface area contributed by atoms with E-state index in [4.69, 9.17) is 15.3 Å². The van der Waals surface area contributed by atoms with Crippen LogP contribution in [0.15, 0.2) is 22.1 Å². The van der Waals surface area contributed by atoms with Gasteiger partial charge in [-0.1, -0.05) is 0 Å². The van der Waals surface area contributed by atoms with Crippen LogP contribution < -0.4 is 0 Å². The van der Waals surface area contributed by atoms with Gasteiger partial charge in [0.25, 0.3) is 0 Å². The quantitative estimate of drug-likeness (QED) is 0.561. The number of ether oxygens (including phenoxy) is 1. The number of rotatable bonds is 5. The number of H-pyrrole nitrogens is 1. The molecule has 0 bridgehead atoms. The van der Waals surface area contributed by atoms with Crippen molar-refractivity contribution in [1.29, 1.82) is 5.41 Å². The number of aliphatic hydroxyl groups excluding tert-OH is 1. The lowest BCUT2D eigenvalue weighted by Crippen LogP contribution is -2.12. The molecule has 0 radical (unpaired) electrons. The van der Waals surface area contributed by atoms with Crippen LogP contribution >= 0.6 is 0 Å². The summed E-state index contributed by atoms with van der Waals surface area (Å²) in [6, 6.07) is 3.81. The van der Waals surface area contributed by atoms with Crippen molar-refractivity contribution in [2.45, 2.75) is 25.0 Å². The molecule has 7 nitrogen and oxygen atoms in total. The third kappa shape index (κ3) is 3.99. The molecule has 1 aromatic heterocycles. The molecular formula is C14H21N5O2. The molecule has 21 heavy (non-hydrogen) atoms. The van der Waals surface area contributed by atoms with Crippen molar-refractivity contribution in [1.82, 2.24) is 9.88 Å². The average molecular weight is 291 g/mol. The summed E-state index contributed by atoms with van der Waals surface area (Å²) in [5, 5.41) is 16.2. The Morgan fingerprint density at radius 1 is 1.52 bits per heavy atom. The fraction of sp³-hybridized carbons (Fsp3) is 0.500. The molecule has 1 fully saturated rings. The van der Waals surface area contributed by atoms with Crippen LogP contribution in [0.1, 0.15) is 30.3 Å². The molecule has 2 heterocycles. The van der Waals surface area contributed by atoms with Gasteiger partial charge in [-0.3, -0.25) is 5.41 Å². The molecule has 2 rings (SSSR count). The Hall–Kier alpha value is -1.99. The molecule has 0 amide bonds. The van der Waals surface area contributed by atoms with Gasteiger partial charge in [0.15, 0.2) is 5.84 Å². The van der Waals surface area contributed by atoms with Crippen LogP contribution in [0.5, 0.6) is 0 Å². The van der Waals surface area contributed by atoms with Crippen molar-refractivity contribution in [3.05, 3.63) is 23.5 Å². The summed E-state index contributed by atoms with van der Waals surface area (Å²) in [7, 11) is 3.74. The van der Waals surface area contributed by atoms with Crippen molar-refractivity contribution in [3.63, 3.8) is 0 Å². The van der Waals surface area contributed by atoms with E-state index >= 15 is 0 Å². The summed E-state index contributed by atoms with van der Waals surface area (Å²) in [6.07, 6.45) is 4.23. The predicted octanol–water partition coefficient (Wildman–Crippen LogP) is 1.17. The van der Waals surface area contributed by atoms with Crippen molar-refractivity contribution in [3.8, 4) is 0 Å². The van der Waals surface area contributed by atoms with E-state index in [0.717, 1.165) is 30.6 Å². The van der Waals surface area contributed by atoms with Crippen LogP contribution in [-0.2, 0) is 4.74 Å². The Balaban J connectivity index is 2.14. The van der Waals surface area contributed by atoms with E-state index in [1.165, 1.54) is 0 Å². The molecule has 114 valence electrons. The van der Waals surface area contributed by atoms with Crippen LogP contribution in [0.25, 0.3) is 0 Å².